The van der Waals surface area contributed by atoms with Gasteiger partial charge in [-0.15, -0.1) is 0 Å². The number of aryl methyl sites for hydroxylation is 1. The molecule has 1 fully saturated rings. The van der Waals surface area contributed by atoms with Crippen LogP contribution in [0.5, 0.6) is 5.75 Å². The fraction of sp³-hybridized carbons (Fsp3) is 0.600. The molecule has 1 aromatic heterocycles. The third kappa shape index (κ3) is 6.30. The van der Waals surface area contributed by atoms with E-state index in [1.807, 2.05) is 26.0 Å². The van der Waals surface area contributed by atoms with E-state index in [2.05, 4.69) is 10.3 Å². The Bertz CT molecular complexity index is 684. The van der Waals surface area contributed by atoms with Crippen LogP contribution in [0.3, 0.4) is 0 Å². The quantitative estimate of drug-likeness (QED) is 0.461. The zero-order valence-corrected chi connectivity index (χ0v) is 17.2. The number of nitrogens with zero attached hydrogens (tertiary/aromatic N) is 2. The number of aromatic nitrogens is 1. The minimum Gasteiger partial charge on any atom is -0.489 e. The van der Waals surface area contributed by atoms with Crippen LogP contribution in [0.4, 0.5) is 4.79 Å². The molecular formula is C20H33N5O3. The molecule has 8 heteroatoms. The lowest BCUT2D eigenvalue weighted by molar-refractivity contribution is 0.146. The number of ether oxygens (including phenoxy) is 2. The van der Waals surface area contributed by atoms with Crippen molar-refractivity contribution in [1.82, 2.24) is 15.3 Å². The number of pyridine rings is 1. The highest BCUT2D eigenvalue weighted by atomic mass is 16.5. The van der Waals surface area contributed by atoms with Crippen LogP contribution >= 0.6 is 0 Å². The molecule has 156 valence electrons. The van der Waals surface area contributed by atoms with Gasteiger partial charge in [-0.05, 0) is 51.2 Å². The molecule has 1 aliphatic carbocycles. The second-order valence-electron chi connectivity index (χ2n) is 7.12. The van der Waals surface area contributed by atoms with Crippen molar-refractivity contribution in [2.45, 2.75) is 58.5 Å². The number of hydrogen-bond donors (Lipinski definition) is 3. The number of carbonyl (C=O) groups excluding carboxylic acids is 1. The molecule has 8 nitrogen and oxygen atoms in total. The summed E-state index contributed by atoms with van der Waals surface area (Å²) in [4.78, 5) is 16.3. The number of nitrogens with one attached hydrogen (secondary N) is 1. The Kier molecular flexibility index (Phi) is 8.38. The average Bonchev–Trinajstić information content (AvgIpc) is 2.68. The smallest absolute Gasteiger partial charge is 0.407 e. The standard InChI is InChI=1S/C20H33N5O3/c1-4-12-27-20(26)23-13-17(25(3)22)19(21)16-10-11-18(14(2)24-16)28-15-8-6-5-7-9-15/h10-11,15H,4-9,12-13,21-22H2,1-3H3,(H,23,26)/b19-17-. The first kappa shape index (κ1) is 21.8. The van der Waals surface area contributed by atoms with E-state index in [0.717, 1.165) is 30.7 Å². The zero-order valence-electron chi connectivity index (χ0n) is 17.2. The zero-order chi connectivity index (χ0) is 20.5. The number of rotatable bonds is 8. The van der Waals surface area contributed by atoms with Gasteiger partial charge in [0.25, 0.3) is 0 Å². The van der Waals surface area contributed by atoms with Crippen molar-refractivity contribution >= 4 is 11.8 Å². The summed E-state index contributed by atoms with van der Waals surface area (Å²) in [7, 11) is 1.66. The van der Waals surface area contributed by atoms with Gasteiger partial charge in [0.05, 0.1) is 42.0 Å². The molecule has 5 N–H and O–H groups in total. The van der Waals surface area contributed by atoms with Crippen molar-refractivity contribution in [2.24, 2.45) is 11.6 Å². The fourth-order valence-corrected chi connectivity index (χ4v) is 3.14. The number of likely N-dealkylation sites (N-methyl/N-ethyl adjacent to an activating group) is 1. The monoisotopic (exact) mass is 391 g/mol. The van der Waals surface area contributed by atoms with E-state index in [-0.39, 0.29) is 12.6 Å². The Morgan fingerprint density at radius 2 is 2.04 bits per heavy atom. The van der Waals surface area contributed by atoms with Gasteiger partial charge in [0.2, 0.25) is 0 Å². The number of hydrogen-bond acceptors (Lipinski definition) is 7. The first-order valence-electron chi connectivity index (χ1n) is 9.94. The van der Waals surface area contributed by atoms with Gasteiger partial charge in [0.15, 0.2) is 0 Å². The third-order valence-corrected chi connectivity index (χ3v) is 4.73. The molecule has 1 amide bonds. The lowest BCUT2D eigenvalue weighted by Gasteiger charge is -2.24. The van der Waals surface area contributed by atoms with E-state index >= 15 is 0 Å². The Morgan fingerprint density at radius 3 is 2.64 bits per heavy atom. The van der Waals surface area contributed by atoms with E-state index in [1.54, 1.807) is 7.05 Å². The minimum atomic E-state index is -0.505. The van der Waals surface area contributed by atoms with Crippen LogP contribution in [-0.2, 0) is 4.74 Å². The largest absolute Gasteiger partial charge is 0.489 e. The second-order valence-corrected chi connectivity index (χ2v) is 7.12. The molecule has 0 atom stereocenters. The highest BCUT2D eigenvalue weighted by Crippen LogP contribution is 2.26. The summed E-state index contributed by atoms with van der Waals surface area (Å²) < 4.78 is 11.1. The van der Waals surface area contributed by atoms with E-state index in [0.29, 0.717) is 23.7 Å². The Hall–Kier alpha value is -2.48. The SMILES string of the molecule is CCCOC(=O)NC/C(=C(/N)c1ccc(OC2CCCCC2)c(C)n1)N(C)N. The van der Waals surface area contributed by atoms with Gasteiger partial charge in [-0.1, -0.05) is 13.3 Å². The minimum absolute atomic E-state index is 0.141. The average molecular weight is 392 g/mol. The summed E-state index contributed by atoms with van der Waals surface area (Å²) in [6.07, 6.45) is 6.40. The lowest BCUT2D eigenvalue weighted by Crippen LogP contribution is -2.36. The number of nitrogens with two attached hydrogens (primary N) is 2. The van der Waals surface area contributed by atoms with Crippen LogP contribution in [-0.4, -0.2) is 42.4 Å². The number of hydrazine groups is 1. The molecule has 28 heavy (non-hydrogen) atoms. The summed E-state index contributed by atoms with van der Waals surface area (Å²) in [6, 6.07) is 3.72. The van der Waals surface area contributed by atoms with Gasteiger partial charge in [-0.2, -0.15) is 0 Å². The first-order chi connectivity index (χ1) is 13.4. The van der Waals surface area contributed by atoms with Crippen LogP contribution in [0.1, 0.15) is 56.8 Å². The van der Waals surface area contributed by atoms with Crippen molar-refractivity contribution in [3.63, 3.8) is 0 Å². The van der Waals surface area contributed by atoms with E-state index in [1.165, 1.54) is 24.3 Å². The van der Waals surface area contributed by atoms with Crippen LogP contribution in [0.25, 0.3) is 5.70 Å². The summed E-state index contributed by atoms with van der Waals surface area (Å²) in [5.41, 5.74) is 8.60. The number of alkyl carbamates (subject to hydrolysis) is 1. The van der Waals surface area contributed by atoms with Crippen molar-refractivity contribution in [2.75, 3.05) is 20.2 Å². The summed E-state index contributed by atoms with van der Waals surface area (Å²) in [5.74, 6) is 6.69. The molecule has 0 bridgehead atoms. The molecule has 0 unspecified atom stereocenters. The molecule has 1 saturated carbocycles. The maximum atomic E-state index is 11.7. The molecule has 1 aromatic rings. The van der Waals surface area contributed by atoms with E-state index in [4.69, 9.17) is 21.1 Å². The Labute approximate surface area is 167 Å². The predicted octanol–water partition coefficient (Wildman–Crippen LogP) is 2.67. The Balaban J connectivity index is 2.10. The number of carbonyl (C=O) groups is 1. The second kappa shape index (κ2) is 10.8. The van der Waals surface area contributed by atoms with Crippen LogP contribution in [0.2, 0.25) is 0 Å². The van der Waals surface area contributed by atoms with Gasteiger partial charge in [-0.3, -0.25) is 0 Å². The van der Waals surface area contributed by atoms with Crippen molar-refractivity contribution in [1.29, 1.82) is 0 Å². The van der Waals surface area contributed by atoms with Gasteiger partial charge >= 0.3 is 6.09 Å². The van der Waals surface area contributed by atoms with E-state index in [9.17, 15) is 4.79 Å². The highest BCUT2D eigenvalue weighted by Gasteiger charge is 2.17. The molecule has 0 aromatic carbocycles. The van der Waals surface area contributed by atoms with Gasteiger partial charge < -0.3 is 25.5 Å². The summed E-state index contributed by atoms with van der Waals surface area (Å²) in [6.45, 7) is 4.34. The van der Waals surface area contributed by atoms with Crippen molar-refractivity contribution in [3.05, 3.63) is 29.2 Å². The van der Waals surface area contributed by atoms with Crippen molar-refractivity contribution in [3.8, 4) is 5.75 Å². The van der Waals surface area contributed by atoms with Crippen LogP contribution < -0.4 is 21.6 Å². The molecule has 1 aliphatic rings. The molecule has 1 heterocycles. The van der Waals surface area contributed by atoms with Gasteiger partial charge in [-0.25, -0.2) is 15.6 Å². The van der Waals surface area contributed by atoms with E-state index < -0.39 is 6.09 Å². The van der Waals surface area contributed by atoms with Crippen LogP contribution in [0.15, 0.2) is 17.8 Å². The molecule has 0 saturated heterocycles. The first-order valence-corrected chi connectivity index (χ1v) is 9.94. The Morgan fingerprint density at radius 1 is 1.32 bits per heavy atom. The molecular weight excluding hydrogens is 358 g/mol. The van der Waals surface area contributed by atoms with Gasteiger partial charge in [0, 0.05) is 7.05 Å². The fourth-order valence-electron chi connectivity index (χ4n) is 3.14. The van der Waals surface area contributed by atoms with Crippen molar-refractivity contribution < 1.29 is 14.3 Å². The summed E-state index contributed by atoms with van der Waals surface area (Å²) in [5, 5.41) is 4.03. The third-order valence-electron chi connectivity index (χ3n) is 4.73. The predicted molar refractivity (Wildman–Crippen MR) is 109 cm³/mol. The maximum absolute atomic E-state index is 11.7. The molecule has 0 spiro atoms. The van der Waals surface area contributed by atoms with Crippen LogP contribution in [0, 0.1) is 6.92 Å². The highest BCUT2D eigenvalue weighted by molar-refractivity contribution is 5.69. The summed E-state index contributed by atoms with van der Waals surface area (Å²) >= 11 is 0. The maximum Gasteiger partial charge on any atom is 0.407 e. The van der Waals surface area contributed by atoms with Gasteiger partial charge in [0.1, 0.15) is 5.75 Å². The molecule has 0 aliphatic heterocycles. The lowest BCUT2D eigenvalue weighted by atomic mass is 9.98. The normalized spacial score (nSPS) is 15.6. The molecule has 2 rings (SSSR count). The molecule has 0 radical (unpaired) electrons. The number of amides is 1. The topological polar surface area (TPSA) is 116 Å².